The first-order chi connectivity index (χ1) is 16.4. The number of thiocyanates is 2. The quantitative estimate of drug-likeness (QED) is 0.101. The summed E-state index contributed by atoms with van der Waals surface area (Å²) in [6.07, 6.45) is 0. The number of fused-ring (bicyclic) bond motifs is 2. The normalized spacial score (nSPS) is 11.2. The molecule has 4 aromatic rings. The summed E-state index contributed by atoms with van der Waals surface area (Å²) < 4.78 is 0. The van der Waals surface area contributed by atoms with Crippen molar-refractivity contribution in [2.24, 2.45) is 0 Å². The van der Waals surface area contributed by atoms with Gasteiger partial charge in [-0.2, -0.15) is 10.5 Å². The average Bonchev–Trinajstić information content (AvgIpc) is 2.82. The standard InChI is InChI=1S/C25H12Cl4N2OS2/c26-24(27)19-15-7-3-1-5-13(15)9-17(33-11-30)21(19)23(32)22-18(34-12-31)10-14-6-2-4-8-16(14)20(22)25(28)29/h1-10,24-25H. The van der Waals surface area contributed by atoms with Crippen LogP contribution in [-0.4, -0.2) is 5.78 Å². The number of benzene rings is 4. The Morgan fingerprint density at radius 3 is 1.44 bits per heavy atom. The third-order valence-electron chi connectivity index (χ3n) is 5.31. The van der Waals surface area contributed by atoms with Crippen molar-refractivity contribution in [3.63, 3.8) is 0 Å². The van der Waals surface area contributed by atoms with E-state index in [-0.39, 0.29) is 11.1 Å². The van der Waals surface area contributed by atoms with Crippen molar-refractivity contribution in [2.45, 2.75) is 19.5 Å². The first kappa shape index (κ1) is 25.0. The molecule has 0 N–H and O–H groups in total. The molecular weight excluding hydrogens is 550 g/mol. The summed E-state index contributed by atoms with van der Waals surface area (Å²) in [7, 11) is 0. The molecule has 9 heteroatoms. The lowest BCUT2D eigenvalue weighted by Crippen LogP contribution is -2.13. The predicted molar refractivity (Wildman–Crippen MR) is 143 cm³/mol. The third kappa shape index (κ3) is 4.58. The lowest BCUT2D eigenvalue weighted by atomic mass is 9.90. The van der Waals surface area contributed by atoms with E-state index >= 15 is 0 Å². The molecular formula is C25H12Cl4N2OS2. The number of hydrogen-bond donors (Lipinski definition) is 0. The summed E-state index contributed by atoms with van der Waals surface area (Å²) in [6.45, 7) is 0. The number of nitrogens with zero attached hydrogens (tertiary/aromatic N) is 2. The minimum atomic E-state index is -1.05. The average molecular weight is 562 g/mol. The number of ketones is 1. The second-order valence-electron chi connectivity index (χ2n) is 7.09. The van der Waals surface area contributed by atoms with Crippen molar-refractivity contribution in [2.75, 3.05) is 0 Å². The van der Waals surface area contributed by atoms with Crippen LogP contribution in [0.25, 0.3) is 21.5 Å². The van der Waals surface area contributed by atoms with Gasteiger partial charge in [0.25, 0.3) is 0 Å². The number of carbonyl (C=O) groups is 1. The molecule has 0 atom stereocenters. The predicted octanol–water partition coefficient (Wildman–Crippen LogP) is 9.32. The molecule has 0 heterocycles. The Labute approximate surface area is 224 Å². The van der Waals surface area contributed by atoms with Gasteiger partial charge in [0, 0.05) is 32.0 Å². The summed E-state index contributed by atoms with van der Waals surface area (Å²) in [4.78, 5) is 13.0. The zero-order valence-corrected chi connectivity index (χ0v) is 21.7. The maximum Gasteiger partial charge on any atom is 0.196 e. The van der Waals surface area contributed by atoms with Gasteiger partial charge in [0.15, 0.2) is 5.78 Å². The first-order valence-electron chi connectivity index (χ1n) is 9.73. The molecule has 0 spiro atoms. The molecule has 168 valence electrons. The number of thioether (sulfide) groups is 2. The minimum absolute atomic E-state index is 0.186. The largest absolute Gasteiger partial charge is 0.288 e. The van der Waals surface area contributed by atoms with Gasteiger partial charge in [-0.05, 0) is 57.2 Å². The number of alkyl halides is 4. The van der Waals surface area contributed by atoms with Crippen LogP contribution in [0, 0.1) is 21.3 Å². The summed E-state index contributed by atoms with van der Waals surface area (Å²) >= 11 is 27.3. The van der Waals surface area contributed by atoms with E-state index in [0.29, 0.717) is 31.7 Å². The summed E-state index contributed by atoms with van der Waals surface area (Å²) in [5, 5.41) is 26.0. The topological polar surface area (TPSA) is 64.7 Å². The summed E-state index contributed by atoms with van der Waals surface area (Å²) in [5.41, 5.74) is 1.14. The maximum absolute atomic E-state index is 14.3. The summed E-state index contributed by atoms with van der Waals surface area (Å²) in [5.74, 6) is -0.463. The van der Waals surface area contributed by atoms with Gasteiger partial charge in [-0.25, -0.2) is 0 Å². The van der Waals surface area contributed by atoms with Gasteiger partial charge in [-0.15, -0.1) is 46.4 Å². The molecule has 0 saturated carbocycles. The lowest BCUT2D eigenvalue weighted by molar-refractivity contribution is 0.103. The number of nitriles is 2. The Bertz CT molecular complexity index is 1410. The van der Waals surface area contributed by atoms with E-state index in [1.165, 1.54) is 0 Å². The summed E-state index contributed by atoms with van der Waals surface area (Å²) in [6, 6.07) is 18.2. The van der Waals surface area contributed by atoms with Gasteiger partial charge >= 0.3 is 0 Å². The van der Waals surface area contributed by atoms with E-state index in [1.54, 1.807) is 12.1 Å². The Kier molecular flexibility index (Phi) is 7.85. The zero-order valence-electron chi connectivity index (χ0n) is 17.1. The number of hydrogen-bond acceptors (Lipinski definition) is 5. The van der Waals surface area contributed by atoms with Crippen molar-refractivity contribution in [1.82, 2.24) is 0 Å². The minimum Gasteiger partial charge on any atom is -0.288 e. The molecule has 0 bridgehead atoms. The smallest absolute Gasteiger partial charge is 0.196 e. The molecule has 0 aliphatic rings. The highest BCUT2D eigenvalue weighted by Crippen LogP contribution is 2.45. The molecule has 3 nitrogen and oxygen atoms in total. The number of carbonyl (C=O) groups excluding carboxylic acids is 1. The molecule has 0 radical (unpaired) electrons. The molecule has 34 heavy (non-hydrogen) atoms. The number of rotatable bonds is 6. The van der Waals surface area contributed by atoms with Crippen molar-refractivity contribution < 1.29 is 4.79 Å². The van der Waals surface area contributed by atoms with Crippen LogP contribution in [0.3, 0.4) is 0 Å². The van der Waals surface area contributed by atoms with Gasteiger partial charge in [-0.3, -0.25) is 4.79 Å². The first-order valence-corrected chi connectivity index (χ1v) is 13.1. The van der Waals surface area contributed by atoms with Crippen LogP contribution in [-0.2, 0) is 0 Å². The second-order valence-corrected chi connectivity index (χ2v) is 10.9. The van der Waals surface area contributed by atoms with E-state index in [4.69, 9.17) is 46.4 Å². The van der Waals surface area contributed by atoms with E-state index in [0.717, 1.165) is 34.3 Å². The highest BCUT2D eigenvalue weighted by Gasteiger charge is 2.30. The fraction of sp³-hybridized carbons (Fsp3) is 0.0800. The van der Waals surface area contributed by atoms with Gasteiger partial charge in [0.2, 0.25) is 0 Å². The molecule has 0 unspecified atom stereocenters. The Hall–Kier alpha value is -2.09. The number of halogens is 4. The van der Waals surface area contributed by atoms with Crippen LogP contribution in [0.4, 0.5) is 0 Å². The van der Waals surface area contributed by atoms with Gasteiger partial charge in [-0.1, -0.05) is 48.5 Å². The van der Waals surface area contributed by atoms with Crippen molar-refractivity contribution in [3.05, 3.63) is 82.9 Å². The van der Waals surface area contributed by atoms with Crippen LogP contribution in [0.15, 0.2) is 70.5 Å². The Morgan fingerprint density at radius 1 is 0.706 bits per heavy atom. The SMILES string of the molecule is N#CSc1cc2ccccc2c(C(Cl)Cl)c1C(=O)c1c(SC#N)cc2ccccc2c1C(Cl)Cl. The van der Waals surface area contributed by atoms with Crippen LogP contribution in [0.1, 0.15) is 36.7 Å². The van der Waals surface area contributed by atoms with Crippen molar-refractivity contribution >= 4 is 97.3 Å². The monoisotopic (exact) mass is 560 g/mol. The van der Waals surface area contributed by atoms with E-state index in [9.17, 15) is 15.3 Å². The molecule has 0 aromatic heterocycles. The zero-order chi connectivity index (χ0) is 24.4. The molecule has 4 rings (SSSR count). The van der Waals surface area contributed by atoms with Crippen molar-refractivity contribution in [1.29, 1.82) is 10.5 Å². The lowest BCUT2D eigenvalue weighted by Gasteiger charge is -2.20. The van der Waals surface area contributed by atoms with Crippen LogP contribution < -0.4 is 0 Å². The molecule has 0 saturated heterocycles. The Morgan fingerprint density at radius 2 is 1.09 bits per heavy atom. The maximum atomic E-state index is 14.3. The van der Waals surface area contributed by atoms with Gasteiger partial charge in [0.1, 0.15) is 20.5 Å². The Balaban J connectivity index is 2.15. The third-order valence-corrected chi connectivity index (χ3v) is 7.45. The highest BCUT2D eigenvalue weighted by atomic mass is 35.5. The fourth-order valence-electron chi connectivity index (χ4n) is 4.00. The van der Waals surface area contributed by atoms with Crippen molar-refractivity contribution in [3.8, 4) is 10.8 Å². The van der Waals surface area contributed by atoms with E-state index in [2.05, 4.69) is 0 Å². The molecule has 0 fully saturated rings. The molecule has 0 aliphatic heterocycles. The fourth-order valence-corrected chi connectivity index (χ4v) is 6.09. The molecule has 0 aliphatic carbocycles. The molecule has 4 aromatic carbocycles. The highest BCUT2D eigenvalue weighted by molar-refractivity contribution is 8.04. The van der Waals surface area contributed by atoms with Crippen LogP contribution in [0.5, 0.6) is 0 Å². The molecule has 0 amide bonds. The van der Waals surface area contributed by atoms with E-state index < -0.39 is 15.5 Å². The van der Waals surface area contributed by atoms with E-state index in [1.807, 2.05) is 59.3 Å². The second kappa shape index (κ2) is 10.7. The van der Waals surface area contributed by atoms with Gasteiger partial charge in [0.05, 0.1) is 0 Å². The van der Waals surface area contributed by atoms with Gasteiger partial charge < -0.3 is 0 Å². The van der Waals surface area contributed by atoms with Crippen LogP contribution >= 0.6 is 69.9 Å². The van der Waals surface area contributed by atoms with Crippen LogP contribution in [0.2, 0.25) is 0 Å².